The maximum absolute atomic E-state index is 12.5. The van der Waals surface area contributed by atoms with Gasteiger partial charge in [-0.25, -0.2) is 4.98 Å². The normalized spacial score (nSPS) is 12.1. The van der Waals surface area contributed by atoms with E-state index in [1.165, 1.54) is 13.2 Å². The number of amides is 2. The Balaban J connectivity index is 0.000000513. The number of rotatable bonds is 7. The van der Waals surface area contributed by atoms with E-state index in [1.54, 1.807) is 49.5 Å². The fourth-order valence-corrected chi connectivity index (χ4v) is 2.62. The summed E-state index contributed by atoms with van der Waals surface area (Å²) in [5.41, 5.74) is 5.91. The number of pyridine rings is 1. The molecule has 0 aliphatic heterocycles. The van der Waals surface area contributed by atoms with Gasteiger partial charge in [0, 0.05) is 16.6 Å². The minimum absolute atomic E-state index is 0.0278. The largest absolute Gasteiger partial charge is 0.497 e. The van der Waals surface area contributed by atoms with E-state index < -0.39 is 5.91 Å². The summed E-state index contributed by atoms with van der Waals surface area (Å²) < 4.78 is 5.96. The standard InChI is InChI=1S/C17H16BrN3O3.C6H12N2O/c1-3-4-16(22)20-14-7-6-12(24-2)9-13(14)17(23)21-15-8-5-11(18)10-19-15;1-3-4-5(2)6(7)8-9/h3-10H,1-2H3,(H,20,22)(H,19,21,23);3-5,9H,1-2H3,(H2,7,8)/b4-3+;4-3-. The third-order valence-electron chi connectivity index (χ3n) is 4.08. The summed E-state index contributed by atoms with van der Waals surface area (Å²) in [6, 6.07) is 8.27. The van der Waals surface area contributed by atoms with Crippen LogP contribution < -0.4 is 21.1 Å². The number of amidine groups is 1. The smallest absolute Gasteiger partial charge is 0.259 e. The fraction of sp³-hybridized carbons (Fsp3) is 0.217. The summed E-state index contributed by atoms with van der Waals surface area (Å²) >= 11 is 3.28. The van der Waals surface area contributed by atoms with Gasteiger partial charge in [0.25, 0.3) is 5.91 Å². The van der Waals surface area contributed by atoms with Gasteiger partial charge in [-0.1, -0.05) is 30.3 Å². The highest BCUT2D eigenvalue weighted by Crippen LogP contribution is 2.23. The van der Waals surface area contributed by atoms with Gasteiger partial charge in [-0.3, -0.25) is 9.59 Å². The van der Waals surface area contributed by atoms with Crippen LogP contribution >= 0.6 is 15.9 Å². The topological polar surface area (TPSA) is 139 Å². The second-order valence-corrected chi connectivity index (χ2v) is 7.47. The SMILES string of the molecule is C/C=C/C(=O)Nc1ccc(OC)cc1C(=O)Nc1ccc(Br)cn1.C/C=C\C(C)/C(N)=N/O. The van der Waals surface area contributed by atoms with Crippen molar-refractivity contribution >= 4 is 45.1 Å². The highest BCUT2D eigenvalue weighted by atomic mass is 79.9. The first kappa shape index (κ1) is 27.4. The minimum Gasteiger partial charge on any atom is -0.497 e. The molecule has 0 spiro atoms. The molecule has 0 saturated heterocycles. The quantitative estimate of drug-likeness (QED) is 0.106. The number of ether oxygens (including phenoxy) is 1. The third kappa shape index (κ3) is 9.56. The predicted molar refractivity (Wildman–Crippen MR) is 134 cm³/mol. The number of aromatic nitrogens is 1. The first-order chi connectivity index (χ1) is 15.7. The summed E-state index contributed by atoms with van der Waals surface area (Å²) in [6.45, 7) is 5.48. The van der Waals surface area contributed by atoms with E-state index in [0.29, 0.717) is 17.3 Å². The van der Waals surface area contributed by atoms with Crippen LogP contribution in [0, 0.1) is 5.92 Å². The maximum Gasteiger partial charge on any atom is 0.259 e. The molecule has 1 unspecified atom stereocenters. The molecule has 5 N–H and O–H groups in total. The number of hydrogen-bond donors (Lipinski definition) is 4. The highest BCUT2D eigenvalue weighted by Gasteiger charge is 2.15. The lowest BCUT2D eigenvalue weighted by molar-refractivity contribution is -0.111. The molecule has 0 fully saturated rings. The van der Waals surface area contributed by atoms with E-state index in [1.807, 2.05) is 26.0 Å². The van der Waals surface area contributed by atoms with Gasteiger partial charge in [0.15, 0.2) is 0 Å². The summed E-state index contributed by atoms with van der Waals surface area (Å²) in [5.74, 6) is 0.454. The molecule has 176 valence electrons. The number of halogens is 1. The van der Waals surface area contributed by atoms with Crippen LogP contribution in [-0.4, -0.2) is 35.0 Å². The average Bonchev–Trinajstić information content (AvgIpc) is 2.81. The molecule has 0 aliphatic rings. The lowest BCUT2D eigenvalue weighted by atomic mass is 10.1. The third-order valence-corrected chi connectivity index (χ3v) is 4.55. The Kier molecular flexibility index (Phi) is 12.0. The minimum atomic E-state index is -0.403. The van der Waals surface area contributed by atoms with Crippen molar-refractivity contribution < 1.29 is 19.5 Å². The van der Waals surface area contributed by atoms with Crippen LogP contribution in [0.5, 0.6) is 5.75 Å². The van der Waals surface area contributed by atoms with Gasteiger partial charge in [0.2, 0.25) is 5.91 Å². The second kappa shape index (κ2) is 14.4. The van der Waals surface area contributed by atoms with Crippen molar-refractivity contribution in [1.29, 1.82) is 0 Å². The van der Waals surface area contributed by atoms with Gasteiger partial charge in [0.1, 0.15) is 17.4 Å². The predicted octanol–water partition coefficient (Wildman–Crippen LogP) is 4.56. The lowest BCUT2D eigenvalue weighted by Crippen LogP contribution is -2.19. The lowest BCUT2D eigenvalue weighted by Gasteiger charge is -2.12. The van der Waals surface area contributed by atoms with Crippen LogP contribution in [0.4, 0.5) is 11.5 Å². The van der Waals surface area contributed by atoms with Gasteiger partial charge in [-0.05, 0) is 66.2 Å². The van der Waals surface area contributed by atoms with Gasteiger partial charge < -0.3 is 26.3 Å². The van der Waals surface area contributed by atoms with Crippen molar-refractivity contribution in [3.05, 3.63) is 70.9 Å². The maximum atomic E-state index is 12.5. The number of nitrogens with zero attached hydrogens (tertiary/aromatic N) is 2. The molecule has 1 aromatic carbocycles. The zero-order valence-electron chi connectivity index (χ0n) is 18.9. The number of carbonyl (C=O) groups excluding carboxylic acids is 2. The van der Waals surface area contributed by atoms with E-state index >= 15 is 0 Å². The van der Waals surface area contributed by atoms with Crippen LogP contribution in [0.25, 0.3) is 0 Å². The molecule has 0 bridgehead atoms. The van der Waals surface area contributed by atoms with Crippen molar-refractivity contribution in [2.24, 2.45) is 16.8 Å². The van der Waals surface area contributed by atoms with Crippen molar-refractivity contribution in [2.75, 3.05) is 17.7 Å². The van der Waals surface area contributed by atoms with E-state index in [4.69, 9.17) is 15.7 Å². The van der Waals surface area contributed by atoms with Crippen LogP contribution in [0.2, 0.25) is 0 Å². The number of allylic oxidation sites excluding steroid dienone is 2. The highest BCUT2D eigenvalue weighted by molar-refractivity contribution is 9.10. The number of nitrogens with one attached hydrogen (secondary N) is 2. The van der Waals surface area contributed by atoms with Crippen LogP contribution in [0.3, 0.4) is 0 Å². The van der Waals surface area contributed by atoms with E-state index in [2.05, 4.69) is 36.7 Å². The summed E-state index contributed by atoms with van der Waals surface area (Å²) in [4.78, 5) is 28.4. The molecule has 0 saturated carbocycles. The monoisotopic (exact) mass is 517 g/mol. The molecule has 0 radical (unpaired) electrons. The van der Waals surface area contributed by atoms with Crippen molar-refractivity contribution in [3.63, 3.8) is 0 Å². The second-order valence-electron chi connectivity index (χ2n) is 6.56. The first-order valence-electron chi connectivity index (χ1n) is 9.90. The molecular weight excluding hydrogens is 490 g/mol. The average molecular weight is 518 g/mol. The van der Waals surface area contributed by atoms with Crippen LogP contribution in [-0.2, 0) is 4.79 Å². The molecule has 2 amide bonds. The molecule has 33 heavy (non-hydrogen) atoms. The molecule has 9 nitrogen and oxygen atoms in total. The Morgan fingerprint density at radius 3 is 2.48 bits per heavy atom. The Bertz CT molecular complexity index is 1020. The number of benzene rings is 1. The fourth-order valence-electron chi connectivity index (χ4n) is 2.38. The van der Waals surface area contributed by atoms with E-state index in [9.17, 15) is 9.59 Å². The van der Waals surface area contributed by atoms with Gasteiger partial charge >= 0.3 is 0 Å². The number of methoxy groups -OCH3 is 1. The van der Waals surface area contributed by atoms with Crippen molar-refractivity contribution in [2.45, 2.75) is 20.8 Å². The summed E-state index contributed by atoms with van der Waals surface area (Å²) in [6.07, 6.45) is 8.29. The molecule has 0 aliphatic carbocycles. The number of carbonyl (C=O) groups is 2. The van der Waals surface area contributed by atoms with Crippen LogP contribution in [0.15, 0.2) is 70.5 Å². The van der Waals surface area contributed by atoms with Crippen molar-refractivity contribution in [3.8, 4) is 5.75 Å². The number of anilines is 2. The Labute approximate surface area is 201 Å². The zero-order valence-corrected chi connectivity index (χ0v) is 20.5. The molecular formula is C23H28BrN5O4. The zero-order chi connectivity index (χ0) is 24.8. The number of nitrogens with two attached hydrogens (primary N) is 1. The molecule has 1 heterocycles. The molecule has 1 aromatic heterocycles. The van der Waals surface area contributed by atoms with Gasteiger partial charge in [0.05, 0.1) is 18.4 Å². The number of oxime groups is 1. The first-order valence-corrected chi connectivity index (χ1v) is 10.7. The van der Waals surface area contributed by atoms with E-state index in [-0.39, 0.29) is 23.2 Å². The summed E-state index contributed by atoms with van der Waals surface area (Å²) in [5, 5.41) is 16.4. The number of hydrogen-bond acceptors (Lipinski definition) is 6. The molecule has 10 heteroatoms. The molecule has 2 aromatic rings. The summed E-state index contributed by atoms with van der Waals surface area (Å²) in [7, 11) is 1.51. The Morgan fingerprint density at radius 1 is 1.21 bits per heavy atom. The molecule has 2 rings (SSSR count). The van der Waals surface area contributed by atoms with Gasteiger partial charge in [-0.2, -0.15) is 0 Å². The van der Waals surface area contributed by atoms with Crippen LogP contribution in [0.1, 0.15) is 31.1 Å². The van der Waals surface area contributed by atoms with Crippen molar-refractivity contribution in [1.82, 2.24) is 4.98 Å². The Hall–Kier alpha value is -3.66. The van der Waals surface area contributed by atoms with E-state index in [0.717, 1.165) is 4.47 Å². The Morgan fingerprint density at radius 2 is 1.94 bits per heavy atom. The van der Waals surface area contributed by atoms with Gasteiger partial charge in [-0.15, -0.1) is 0 Å². The molecule has 1 atom stereocenters.